The van der Waals surface area contributed by atoms with Crippen LogP contribution in [0.5, 0.6) is 0 Å². The molecule has 2 atom stereocenters. The Morgan fingerprint density at radius 3 is 2.79 bits per heavy atom. The van der Waals surface area contributed by atoms with E-state index in [1.807, 2.05) is 0 Å². The second-order valence-corrected chi connectivity index (χ2v) is 3.73. The van der Waals surface area contributed by atoms with Crippen molar-refractivity contribution < 1.29 is 14.3 Å². The summed E-state index contributed by atoms with van der Waals surface area (Å²) in [5, 5.41) is 0. The third-order valence-corrected chi connectivity index (χ3v) is 2.26. The molecule has 0 N–H and O–H groups in total. The van der Waals surface area contributed by atoms with E-state index in [4.69, 9.17) is 9.47 Å². The fourth-order valence-corrected chi connectivity index (χ4v) is 1.27. The number of carbonyl (C=O) groups excluding carboxylic acids is 1. The zero-order valence-electron chi connectivity index (χ0n) is 8.91. The molecule has 1 rings (SSSR count). The molecule has 0 spiro atoms. The van der Waals surface area contributed by atoms with Crippen molar-refractivity contribution >= 4 is 5.97 Å². The van der Waals surface area contributed by atoms with E-state index < -0.39 is 0 Å². The standard InChI is InChI=1S/C11H18O3/c1-4-5-6-9-10(14-9)7-13-11(12)8(2)3/h9-10H,2,4-7H2,1,3H3. The first kappa shape index (κ1) is 11.2. The first-order valence-electron chi connectivity index (χ1n) is 5.13. The lowest BCUT2D eigenvalue weighted by Gasteiger charge is -2.00. The lowest BCUT2D eigenvalue weighted by molar-refractivity contribution is -0.139. The van der Waals surface area contributed by atoms with E-state index in [0.717, 1.165) is 6.42 Å². The summed E-state index contributed by atoms with van der Waals surface area (Å²) in [6.07, 6.45) is 3.87. The van der Waals surface area contributed by atoms with Gasteiger partial charge in [0.15, 0.2) is 0 Å². The lowest BCUT2D eigenvalue weighted by Crippen LogP contribution is -2.11. The molecule has 0 saturated carbocycles. The highest BCUT2D eigenvalue weighted by Crippen LogP contribution is 2.27. The van der Waals surface area contributed by atoms with Crippen LogP contribution in [0.3, 0.4) is 0 Å². The van der Waals surface area contributed by atoms with Crippen molar-refractivity contribution in [3.63, 3.8) is 0 Å². The van der Waals surface area contributed by atoms with E-state index >= 15 is 0 Å². The molecular weight excluding hydrogens is 180 g/mol. The summed E-state index contributed by atoms with van der Waals surface area (Å²) >= 11 is 0. The summed E-state index contributed by atoms with van der Waals surface area (Å²) in [7, 11) is 0. The van der Waals surface area contributed by atoms with Crippen molar-refractivity contribution in [3.05, 3.63) is 12.2 Å². The Kier molecular flexibility index (Phi) is 4.14. The molecule has 1 aliphatic heterocycles. The molecule has 1 heterocycles. The maximum absolute atomic E-state index is 11.0. The molecule has 0 aromatic rings. The van der Waals surface area contributed by atoms with Crippen LogP contribution in [-0.2, 0) is 14.3 Å². The van der Waals surface area contributed by atoms with Crippen LogP contribution < -0.4 is 0 Å². The van der Waals surface area contributed by atoms with Gasteiger partial charge in [-0.2, -0.15) is 0 Å². The second kappa shape index (κ2) is 5.15. The SMILES string of the molecule is C=C(C)C(=O)OCC1OC1CCCC. The maximum atomic E-state index is 11.0. The van der Waals surface area contributed by atoms with Crippen LogP contribution in [0.4, 0.5) is 0 Å². The van der Waals surface area contributed by atoms with Crippen LogP contribution >= 0.6 is 0 Å². The van der Waals surface area contributed by atoms with Crippen LogP contribution in [0, 0.1) is 0 Å². The Hall–Kier alpha value is -0.830. The van der Waals surface area contributed by atoms with Crippen molar-refractivity contribution in [2.24, 2.45) is 0 Å². The number of epoxide rings is 1. The van der Waals surface area contributed by atoms with Gasteiger partial charge in [0.1, 0.15) is 12.7 Å². The van der Waals surface area contributed by atoms with E-state index in [1.165, 1.54) is 12.8 Å². The molecule has 14 heavy (non-hydrogen) atoms. The van der Waals surface area contributed by atoms with Gasteiger partial charge in [0, 0.05) is 5.57 Å². The predicted molar refractivity (Wildman–Crippen MR) is 54.0 cm³/mol. The number of hydrogen-bond acceptors (Lipinski definition) is 3. The third kappa shape index (κ3) is 3.50. The number of esters is 1. The van der Waals surface area contributed by atoms with Gasteiger partial charge < -0.3 is 9.47 Å². The van der Waals surface area contributed by atoms with E-state index in [0.29, 0.717) is 18.3 Å². The highest BCUT2D eigenvalue weighted by atomic mass is 16.6. The summed E-state index contributed by atoms with van der Waals surface area (Å²) in [6.45, 7) is 7.68. The molecule has 80 valence electrons. The van der Waals surface area contributed by atoms with Crippen molar-refractivity contribution in [1.82, 2.24) is 0 Å². The first-order chi connectivity index (χ1) is 6.65. The summed E-state index contributed by atoms with van der Waals surface area (Å²) in [5.41, 5.74) is 0.441. The third-order valence-electron chi connectivity index (χ3n) is 2.26. The molecule has 0 bridgehead atoms. The Balaban J connectivity index is 2.05. The van der Waals surface area contributed by atoms with E-state index in [9.17, 15) is 4.79 Å². The predicted octanol–water partition coefficient (Wildman–Crippen LogP) is 2.06. The summed E-state index contributed by atoms with van der Waals surface area (Å²) in [6, 6.07) is 0. The quantitative estimate of drug-likeness (QED) is 0.372. The number of carbonyl (C=O) groups is 1. The van der Waals surface area contributed by atoms with E-state index in [2.05, 4.69) is 13.5 Å². The number of rotatable bonds is 6. The number of unbranched alkanes of at least 4 members (excludes halogenated alkanes) is 1. The van der Waals surface area contributed by atoms with Crippen LogP contribution in [-0.4, -0.2) is 24.8 Å². The topological polar surface area (TPSA) is 38.8 Å². The molecule has 0 radical (unpaired) electrons. The smallest absolute Gasteiger partial charge is 0.333 e. The molecule has 2 unspecified atom stereocenters. The molecule has 3 heteroatoms. The van der Waals surface area contributed by atoms with Gasteiger partial charge in [0.2, 0.25) is 0 Å². The van der Waals surface area contributed by atoms with E-state index in [-0.39, 0.29) is 12.1 Å². The summed E-state index contributed by atoms with van der Waals surface area (Å²) < 4.78 is 10.3. The molecule has 1 fully saturated rings. The average Bonchev–Trinajstić information content (AvgIpc) is 2.89. The van der Waals surface area contributed by atoms with Crippen molar-refractivity contribution in [1.29, 1.82) is 0 Å². The largest absolute Gasteiger partial charge is 0.459 e. The fraction of sp³-hybridized carbons (Fsp3) is 0.727. The van der Waals surface area contributed by atoms with Gasteiger partial charge in [-0.1, -0.05) is 26.3 Å². The maximum Gasteiger partial charge on any atom is 0.333 e. The molecule has 1 saturated heterocycles. The minimum Gasteiger partial charge on any atom is -0.459 e. The van der Waals surface area contributed by atoms with Crippen LogP contribution in [0.15, 0.2) is 12.2 Å². The molecule has 1 aliphatic rings. The Morgan fingerprint density at radius 2 is 2.21 bits per heavy atom. The average molecular weight is 198 g/mol. The molecule has 0 aliphatic carbocycles. The fourth-order valence-electron chi connectivity index (χ4n) is 1.27. The molecule has 0 amide bonds. The monoisotopic (exact) mass is 198 g/mol. The van der Waals surface area contributed by atoms with Gasteiger partial charge in [-0.05, 0) is 13.3 Å². The van der Waals surface area contributed by atoms with E-state index in [1.54, 1.807) is 6.92 Å². The zero-order chi connectivity index (χ0) is 10.6. The first-order valence-corrected chi connectivity index (χ1v) is 5.13. The van der Waals surface area contributed by atoms with Gasteiger partial charge in [-0.15, -0.1) is 0 Å². The number of ether oxygens (including phenoxy) is 2. The zero-order valence-corrected chi connectivity index (χ0v) is 8.91. The van der Waals surface area contributed by atoms with Gasteiger partial charge in [0.05, 0.1) is 6.10 Å². The van der Waals surface area contributed by atoms with Crippen LogP contribution in [0.2, 0.25) is 0 Å². The van der Waals surface area contributed by atoms with Crippen molar-refractivity contribution in [2.45, 2.75) is 45.3 Å². The second-order valence-electron chi connectivity index (χ2n) is 3.73. The van der Waals surface area contributed by atoms with Crippen molar-refractivity contribution in [2.75, 3.05) is 6.61 Å². The Morgan fingerprint density at radius 1 is 1.50 bits per heavy atom. The van der Waals surface area contributed by atoms with Gasteiger partial charge in [0.25, 0.3) is 0 Å². The van der Waals surface area contributed by atoms with Gasteiger partial charge in [-0.25, -0.2) is 4.79 Å². The van der Waals surface area contributed by atoms with Gasteiger partial charge in [-0.3, -0.25) is 0 Å². The van der Waals surface area contributed by atoms with Crippen LogP contribution in [0.25, 0.3) is 0 Å². The normalized spacial score (nSPS) is 24.4. The molecule has 0 aromatic carbocycles. The van der Waals surface area contributed by atoms with Crippen LogP contribution in [0.1, 0.15) is 33.1 Å². The molecule has 0 aromatic heterocycles. The summed E-state index contributed by atoms with van der Waals surface area (Å²) in [5.74, 6) is -0.324. The number of hydrogen-bond donors (Lipinski definition) is 0. The minimum absolute atomic E-state index is 0.129. The Labute approximate surface area is 85.1 Å². The lowest BCUT2D eigenvalue weighted by atomic mass is 10.2. The Bertz CT molecular complexity index is 223. The van der Waals surface area contributed by atoms with Crippen molar-refractivity contribution in [3.8, 4) is 0 Å². The summed E-state index contributed by atoms with van der Waals surface area (Å²) in [4.78, 5) is 11.0. The highest BCUT2D eigenvalue weighted by Gasteiger charge is 2.38. The highest BCUT2D eigenvalue weighted by molar-refractivity contribution is 5.86. The van der Waals surface area contributed by atoms with Gasteiger partial charge >= 0.3 is 5.97 Å². The molecule has 3 nitrogen and oxygen atoms in total. The molecular formula is C11H18O3. The minimum atomic E-state index is -0.324.